The summed E-state index contributed by atoms with van der Waals surface area (Å²) < 4.78 is 40.4. The Hall–Kier alpha value is -3.51. The van der Waals surface area contributed by atoms with Crippen molar-refractivity contribution in [2.24, 2.45) is 5.73 Å². The van der Waals surface area contributed by atoms with Crippen LogP contribution in [0.2, 0.25) is 0 Å². The van der Waals surface area contributed by atoms with Gasteiger partial charge in [0.15, 0.2) is 0 Å². The molecular formula is C26H24FN5O3S2. The zero-order valence-corrected chi connectivity index (χ0v) is 21.8. The Kier molecular flexibility index (Phi) is 7.38. The van der Waals surface area contributed by atoms with Crippen molar-refractivity contribution in [1.29, 1.82) is 0 Å². The summed E-state index contributed by atoms with van der Waals surface area (Å²) in [5.74, 6) is 0.764. The molecule has 0 saturated carbocycles. The molecule has 0 aliphatic rings. The van der Waals surface area contributed by atoms with Crippen molar-refractivity contribution in [3.63, 3.8) is 0 Å². The van der Waals surface area contributed by atoms with Crippen LogP contribution in [-0.4, -0.2) is 39.4 Å². The topological polar surface area (TPSA) is 112 Å². The maximum atomic E-state index is 13.1. The summed E-state index contributed by atoms with van der Waals surface area (Å²) in [5, 5.41) is 0.811. The van der Waals surface area contributed by atoms with E-state index in [9.17, 15) is 8.60 Å². The van der Waals surface area contributed by atoms with Crippen LogP contribution in [0.5, 0.6) is 11.6 Å². The first-order valence-electron chi connectivity index (χ1n) is 11.4. The summed E-state index contributed by atoms with van der Waals surface area (Å²) in [7, 11) is 0.113. The number of aryl methyl sites for hydroxylation is 1. The number of nitrogens with zero attached hydrogens (tertiary/aromatic N) is 3. The molecule has 1 atom stereocenters. The standard InChI is InChI=1S/C26H24FN5O3S2/c1-15-9-18(35-8-7-30-37(33)19-5-3-17(27)4-6-19)12-22-24(15)32-26(36-22)20-10-16(13-28)11-21-25(20)29-14-23(31-21)34-2/h3-6,9-12,14,30H,7-8,13,28H2,1-2H3. The number of methoxy groups -OCH3 is 1. The van der Waals surface area contributed by atoms with E-state index in [-0.39, 0.29) is 5.82 Å². The van der Waals surface area contributed by atoms with Gasteiger partial charge < -0.3 is 15.2 Å². The van der Waals surface area contributed by atoms with E-state index in [0.29, 0.717) is 41.7 Å². The average Bonchev–Trinajstić information content (AvgIpc) is 3.35. The van der Waals surface area contributed by atoms with E-state index >= 15 is 0 Å². The molecule has 0 fully saturated rings. The van der Waals surface area contributed by atoms with E-state index in [1.165, 1.54) is 35.6 Å². The van der Waals surface area contributed by atoms with Crippen molar-refractivity contribution < 1.29 is 18.1 Å². The van der Waals surface area contributed by atoms with Crippen LogP contribution in [0.4, 0.5) is 4.39 Å². The quantitative estimate of drug-likeness (QED) is 0.266. The molecule has 37 heavy (non-hydrogen) atoms. The number of halogens is 1. The average molecular weight is 538 g/mol. The molecule has 0 radical (unpaired) electrons. The van der Waals surface area contributed by atoms with Gasteiger partial charge in [-0.3, -0.25) is 0 Å². The van der Waals surface area contributed by atoms with Gasteiger partial charge in [0.2, 0.25) is 5.88 Å². The molecular weight excluding hydrogens is 513 g/mol. The Morgan fingerprint density at radius 3 is 2.68 bits per heavy atom. The molecule has 3 aromatic carbocycles. The predicted octanol–water partition coefficient (Wildman–Crippen LogP) is 4.51. The highest BCUT2D eigenvalue weighted by molar-refractivity contribution is 7.83. The third-order valence-electron chi connectivity index (χ3n) is 5.65. The molecule has 0 amide bonds. The molecule has 5 rings (SSSR count). The molecule has 3 N–H and O–H groups in total. The molecule has 2 heterocycles. The fourth-order valence-corrected chi connectivity index (χ4v) is 5.76. The predicted molar refractivity (Wildman–Crippen MR) is 144 cm³/mol. The van der Waals surface area contributed by atoms with Gasteiger partial charge in [0.25, 0.3) is 0 Å². The van der Waals surface area contributed by atoms with Crippen LogP contribution >= 0.6 is 11.3 Å². The number of nitrogens with one attached hydrogen (secondary N) is 1. The highest BCUT2D eigenvalue weighted by atomic mass is 32.2. The first kappa shape index (κ1) is 25.2. The molecule has 190 valence electrons. The van der Waals surface area contributed by atoms with Crippen molar-refractivity contribution in [2.45, 2.75) is 18.4 Å². The molecule has 2 aromatic heterocycles. The summed E-state index contributed by atoms with van der Waals surface area (Å²) >= 11 is 1.54. The van der Waals surface area contributed by atoms with Crippen molar-refractivity contribution in [1.82, 2.24) is 19.7 Å². The Balaban J connectivity index is 1.35. The van der Waals surface area contributed by atoms with Gasteiger partial charge in [-0.1, -0.05) is 0 Å². The molecule has 8 nitrogen and oxygen atoms in total. The molecule has 0 saturated heterocycles. The number of hydrogen-bond donors (Lipinski definition) is 2. The number of thiazole rings is 1. The lowest BCUT2D eigenvalue weighted by atomic mass is 10.1. The number of aromatic nitrogens is 3. The molecule has 0 aliphatic heterocycles. The first-order valence-corrected chi connectivity index (χ1v) is 13.4. The molecule has 1 unspecified atom stereocenters. The van der Waals surface area contributed by atoms with E-state index in [2.05, 4.69) is 14.7 Å². The molecule has 0 aliphatic carbocycles. The van der Waals surface area contributed by atoms with Crippen LogP contribution in [0, 0.1) is 12.7 Å². The number of hydrogen-bond acceptors (Lipinski definition) is 8. The third kappa shape index (κ3) is 5.44. The zero-order valence-electron chi connectivity index (χ0n) is 20.2. The van der Waals surface area contributed by atoms with Crippen LogP contribution < -0.4 is 19.9 Å². The van der Waals surface area contributed by atoms with E-state index in [1.54, 1.807) is 13.3 Å². The highest BCUT2D eigenvalue weighted by Crippen LogP contribution is 2.37. The Morgan fingerprint density at radius 1 is 1.11 bits per heavy atom. The normalized spacial score (nSPS) is 12.2. The zero-order chi connectivity index (χ0) is 25.9. The summed E-state index contributed by atoms with van der Waals surface area (Å²) in [6.07, 6.45) is 1.59. The highest BCUT2D eigenvalue weighted by Gasteiger charge is 2.16. The maximum Gasteiger partial charge on any atom is 0.232 e. The second-order valence-corrected chi connectivity index (χ2v) is 10.5. The van der Waals surface area contributed by atoms with Gasteiger partial charge in [0.05, 0.1) is 39.5 Å². The monoisotopic (exact) mass is 537 g/mol. The lowest BCUT2D eigenvalue weighted by Gasteiger charge is -2.08. The summed E-state index contributed by atoms with van der Waals surface area (Å²) in [5.41, 5.74) is 11.0. The minimum absolute atomic E-state index is 0.310. The number of rotatable bonds is 9. The molecule has 0 bridgehead atoms. The lowest BCUT2D eigenvalue weighted by Crippen LogP contribution is -2.23. The van der Waals surface area contributed by atoms with Gasteiger partial charge in [-0.05, 0) is 66.6 Å². The van der Waals surface area contributed by atoms with E-state index in [4.69, 9.17) is 20.2 Å². The van der Waals surface area contributed by atoms with Gasteiger partial charge in [-0.15, -0.1) is 11.3 Å². The van der Waals surface area contributed by atoms with E-state index in [0.717, 1.165) is 37.4 Å². The van der Waals surface area contributed by atoms with Crippen molar-refractivity contribution >= 4 is 43.6 Å². The minimum Gasteiger partial charge on any atom is -0.492 e. The van der Waals surface area contributed by atoms with Crippen LogP contribution in [0.1, 0.15) is 11.1 Å². The van der Waals surface area contributed by atoms with Gasteiger partial charge in [0, 0.05) is 18.7 Å². The van der Waals surface area contributed by atoms with Gasteiger partial charge in [-0.2, -0.15) is 0 Å². The Bertz CT molecular complexity index is 1600. The Morgan fingerprint density at radius 2 is 1.92 bits per heavy atom. The summed E-state index contributed by atoms with van der Waals surface area (Å²) in [4.78, 5) is 14.5. The minimum atomic E-state index is -1.44. The largest absolute Gasteiger partial charge is 0.492 e. The number of benzene rings is 3. The first-order chi connectivity index (χ1) is 17.9. The van der Waals surface area contributed by atoms with E-state index in [1.807, 2.05) is 31.2 Å². The molecule has 0 spiro atoms. The van der Waals surface area contributed by atoms with Gasteiger partial charge in [-0.25, -0.2) is 28.3 Å². The smallest absolute Gasteiger partial charge is 0.232 e. The van der Waals surface area contributed by atoms with Crippen molar-refractivity contribution in [2.75, 3.05) is 20.3 Å². The maximum absolute atomic E-state index is 13.1. The second-order valence-electron chi connectivity index (χ2n) is 8.20. The SMILES string of the molecule is COc1cnc2c(-c3nc4c(C)cc(OCCNS(=O)c5ccc(F)cc5)cc4s3)cc(CN)cc2n1. The number of fused-ring (bicyclic) bond motifs is 2. The molecule has 5 aromatic rings. The number of nitrogens with two attached hydrogens (primary N) is 1. The van der Waals surface area contributed by atoms with Crippen LogP contribution in [0.25, 0.3) is 31.8 Å². The number of ether oxygens (including phenoxy) is 2. The second kappa shape index (κ2) is 10.9. The lowest BCUT2D eigenvalue weighted by molar-refractivity contribution is 0.324. The van der Waals surface area contributed by atoms with Gasteiger partial charge >= 0.3 is 0 Å². The van der Waals surface area contributed by atoms with Crippen LogP contribution in [0.15, 0.2) is 59.6 Å². The van der Waals surface area contributed by atoms with Crippen LogP contribution in [0.3, 0.4) is 0 Å². The van der Waals surface area contributed by atoms with E-state index < -0.39 is 11.0 Å². The molecule has 11 heteroatoms. The Labute approximate surface area is 219 Å². The van der Waals surface area contributed by atoms with Crippen molar-refractivity contribution in [3.05, 3.63) is 71.7 Å². The van der Waals surface area contributed by atoms with Gasteiger partial charge in [0.1, 0.15) is 34.2 Å². The third-order valence-corrected chi connectivity index (χ3v) is 7.85. The summed E-state index contributed by atoms with van der Waals surface area (Å²) in [6.45, 7) is 3.02. The summed E-state index contributed by atoms with van der Waals surface area (Å²) in [6, 6.07) is 13.3. The van der Waals surface area contributed by atoms with Crippen LogP contribution in [-0.2, 0) is 17.5 Å². The fraction of sp³-hybridized carbons (Fsp3) is 0.192. The fourth-order valence-electron chi connectivity index (χ4n) is 3.85. The van der Waals surface area contributed by atoms with Crippen molar-refractivity contribution in [3.8, 4) is 22.2 Å².